The fourth-order valence-corrected chi connectivity index (χ4v) is 3.47. The number of hydrogen-bond acceptors (Lipinski definition) is 5. The number of ketones is 1. The van der Waals surface area contributed by atoms with Crippen molar-refractivity contribution >= 4 is 40.2 Å². The number of thioether (sulfide) groups is 1. The van der Waals surface area contributed by atoms with Crippen LogP contribution in [-0.4, -0.2) is 31.3 Å². The second-order valence-corrected chi connectivity index (χ2v) is 7.26. The number of H-pyrrole nitrogens is 1. The summed E-state index contributed by atoms with van der Waals surface area (Å²) in [5.74, 6) is -0.389. The van der Waals surface area contributed by atoms with Crippen LogP contribution < -0.4 is 5.56 Å². The van der Waals surface area contributed by atoms with Crippen molar-refractivity contribution in [1.82, 2.24) is 19.7 Å². The summed E-state index contributed by atoms with van der Waals surface area (Å²) < 4.78 is 14.6. The van der Waals surface area contributed by atoms with Crippen molar-refractivity contribution in [2.45, 2.75) is 5.16 Å². The number of nitrogens with one attached hydrogen (secondary N) is 1. The van der Waals surface area contributed by atoms with Crippen LogP contribution in [0, 0.1) is 5.82 Å². The number of aromatic amines is 1. The number of carbonyl (C=O) groups excluding carboxylic acids is 1. The van der Waals surface area contributed by atoms with Gasteiger partial charge in [-0.15, -0.1) is 0 Å². The van der Waals surface area contributed by atoms with E-state index in [1.807, 2.05) is 0 Å². The average molecular weight is 415 g/mol. The van der Waals surface area contributed by atoms with Gasteiger partial charge in [-0.1, -0.05) is 23.4 Å². The molecule has 0 spiro atoms. The topological polar surface area (TPSA) is 80.6 Å². The van der Waals surface area contributed by atoms with Gasteiger partial charge in [-0.05, 0) is 48.5 Å². The predicted octanol–water partition coefficient (Wildman–Crippen LogP) is 3.88. The number of carbonyl (C=O) groups is 1. The van der Waals surface area contributed by atoms with Gasteiger partial charge in [0.25, 0.3) is 5.56 Å². The van der Waals surface area contributed by atoms with Gasteiger partial charge in [0.1, 0.15) is 11.2 Å². The summed E-state index contributed by atoms with van der Waals surface area (Å²) in [5, 5.41) is 5.32. The molecule has 6 nitrogen and oxygen atoms in total. The zero-order chi connectivity index (χ0) is 19.7. The number of nitrogens with zero attached hydrogens (tertiary/aromatic N) is 3. The SMILES string of the molecule is O=C(CSc1nc2c(cnn2-c2ccc(F)cc2)c(=O)[nH]1)c1ccc(Cl)cc1. The zero-order valence-electron chi connectivity index (χ0n) is 14.2. The Morgan fingerprint density at radius 1 is 1.14 bits per heavy atom. The second-order valence-electron chi connectivity index (χ2n) is 5.86. The van der Waals surface area contributed by atoms with E-state index in [4.69, 9.17) is 11.6 Å². The molecule has 0 aliphatic carbocycles. The summed E-state index contributed by atoms with van der Waals surface area (Å²) in [6.07, 6.45) is 1.40. The van der Waals surface area contributed by atoms with Crippen LogP contribution in [0.25, 0.3) is 16.7 Å². The van der Waals surface area contributed by atoms with Crippen LogP contribution in [0.3, 0.4) is 0 Å². The molecule has 0 unspecified atom stereocenters. The Morgan fingerprint density at radius 2 is 1.86 bits per heavy atom. The first kappa shape index (κ1) is 18.4. The van der Waals surface area contributed by atoms with E-state index in [1.165, 1.54) is 23.0 Å². The molecule has 4 rings (SSSR count). The molecular weight excluding hydrogens is 403 g/mol. The normalized spacial score (nSPS) is 11.1. The fourth-order valence-electron chi connectivity index (χ4n) is 2.59. The van der Waals surface area contributed by atoms with E-state index < -0.39 is 0 Å². The number of hydrogen-bond donors (Lipinski definition) is 1. The minimum absolute atomic E-state index is 0.0980. The lowest BCUT2D eigenvalue weighted by Gasteiger charge is -2.05. The first-order chi connectivity index (χ1) is 13.5. The molecule has 4 aromatic rings. The van der Waals surface area contributed by atoms with Crippen LogP contribution in [0.15, 0.2) is 64.7 Å². The third-order valence-corrected chi connectivity index (χ3v) is 5.12. The Labute approximate surface area is 167 Å². The van der Waals surface area contributed by atoms with Gasteiger partial charge < -0.3 is 4.98 Å². The average Bonchev–Trinajstić information content (AvgIpc) is 3.12. The van der Waals surface area contributed by atoms with Crippen LogP contribution >= 0.6 is 23.4 Å². The van der Waals surface area contributed by atoms with Gasteiger partial charge in [-0.25, -0.2) is 14.1 Å². The molecule has 0 bridgehead atoms. The molecule has 0 saturated heterocycles. The van der Waals surface area contributed by atoms with Crippen LogP contribution in [0.5, 0.6) is 0 Å². The fraction of sp³-hybridized carbons (Fsp3) is 0.0526. The monoisotopic (exact) mass is 414 g/mol. The van der Waals surface area contributed by atoms with E-state index in [0.717, 1.165) is 11.8 Å². The highest BCUT2D eigenvalue weighted by Crippen LogP contribution is 2.19. The number of Topliss-reactive ketones (excluding diaryl/α,β-unsaturated/α-hetero) is 1. The number of aromatic nitrogens is 4. The molecule has 140 valence electrons. The maximum absolute atomic E-state index is 13.2. The summed E-state index contributed by atoms with van der Waals surface area (Å²) in [5.41, 5.74) is 1.07. The lowest BCUT2D eigenvalue weighted by Crippen LogP contribution is -2.11. The summed E-state index contributed by atoms with van der Waals surface area (Å²) in [6.45, 7) is 0. The van der Waals surface area contributed by atoms with Crippen molar-refractivity contribution in [1.29, 1.82) is 0 Å². The van der Waals surface area contributed by atoms with E-state index in [0.29, 0.717) is 32.5 Å². The van der Waals surface area contributed by atoms with Crippen LogP contribution in [0.2, 0.25) is 5.02 Å². The largest absolute Gasteiger partial charge is 0.301 e. The summed E-state index contributed by atoms with van der Waals surface area (Å²) in [4.78, 5) is 31.7. The van der Waals surface area contributed by atoms with Crippen molar-refractivity contribution in [3.05, 3.63) is 81.5 Å². The molecule has 2 heterocycles. The minimum atomic E-state index is -0.372. The third kappa shape index (κ3) is 3.69. The van der Waals surface area contributed by atoms with Gasteiger partial charge in [0, 0.05) is 10.6 Å². The molecule has 0 aliphatic heterocycles. The van der Waals surface area contributed by atoms with Crippen molar-refractivity contribution in [3.63, 3.8) is 0 Å². The number of benzene rings is 2. The van der Waals surface area contributed by atoms with Crippen molar-refractivity contribution in [2.75, 3.05) is 5.75 Å². The van der Waals surface area contributed by atoms with Gasteiger partial charge in [0.2, 0.25) is 0 Å². The van der Waals surface area contributed by atoms with Gasteiger partial charge in [0.05, 0.1) is 17.6 Å². The lowest BCUT2D eigenvalue weighted by molar-refractivity contribution is 0.102. The van der Waals surface area contributed by atoms with Crippen molar-refractivity contribution < 1.29 is 9.18 Å². The minimum Gasteiger partial charge on any atom is -0.301 e. The maximum Gasteiger partial charge on any atom is 0.262 e. The Bertz CT molecular complexity index is 1220. The van der Waals surface area contributed by atoms with Gasteiger partial charge in [0.15, 0.2) is 16.6 Å². The quantitative estimate of drug-likeness (QED) is 0.304. The molecule has 2 aromatic heterocycles. The van der Waals surface area contributed by atoms with Crippen LogP contribution in [-0.2, 0) is 0 Å². The van der Waals surface area contributed by atoms with Gasteiger partial charge in [-0.3, -0.25) is 9.59 Å². The van der Waals surface area contributed by atoms with Crippen LogP contribution in [0.4, 0.5) is 4.39 Å². The zero-order valence-corrected chi connectivity index (χ0v) is 15.8. The van der Waals surface area contributed by atoms with Gasteiger partial charge >= 0.3 is 0 Å². The Hall–Kier alpha value is -2.97. The predicted molar refractivity (Wildman–Crippen MR) is 106 cm³/mol. The second kappa shape index (κ2) is 7.57. The van der Waals surface area contributed by atoms with E-state index >= 15 is 0 Å². The van der Waals surface area contributed by atoms with Gasteiger partial charge in [-0.2, -0.15) is 5.10 Å². The molecule has 28 heavy (non-hydrogen) atoms. The standard InChI is InChI=1S/C19H12ClFN4O2S/c20-12-3-1-11(2-4-12)16(26)10-28-19-23-17-15(18(27)24-19)9-22-25(17)14-7-5-13(21)6-8-14/h1-9H,10H2,(H,23,24,27). The van der Waals surface area contributed by atoms with Crippen molar-refractivity contribution in [3.8, 4) is 5.69 Å². The van der Waals surface area contributed by atoms with Crippen LogP contribution in [0.1, 0.15) is 10.4 Å². The highest BCUT2D eigenvalue weighted by Gasteiger charge is 2.13. The van der Waals surface area contributed by atoms with E-state index in [-0.39, 0.29) is 22.9 Å². The molecule has 1 N–H and O–H groups in total. The molecule has 2 aromatic carbocycles. The highest BCUT2D eigenvalue weighted by atomic mass is 35.5. The smallest absolute Gasteiger partial charge is 0.262 e. The first-order valence-electron chi connectivity index (χ1n) is 8.17. The Kier molecular flexibility index (Phi) is 4.97. The molecule has 0 saturated carbocycles. The molecular formula is C19H12ClFN4O2S. The number of halogens is 2. The van der Waals surface area contributed by atoms with Crippen molar-refractivity contribution in [2.24, 2.45) is 0 Å². The maximum atomic E-state index is 13.2. The third-order valence-electron chi connectivity index (χ3n) is 3.99. The Morgan fingerprint density at radius 3 is 2.57 bits per heavy atom. The lowest BCUT2D eigenvalue weighted by atomic mass is 10.1. The molecule has 0 amide bonds. The molecule has 0 radical (unpaired) electrons. The number of fused-ring (bicyclic) bond motifs is 1. The van der Waals surface area contributed by atoms with E-state index in [2.05, 4.69) is 15.1 Å². The molecule has 0 fully saturated rings. The summed E-state index contributed by atoms with van der Waals surface area (Å²) in [6, 6.07) is 12.3. The molecule has 9 heteroatoms. The Balaban J connectivity index is 1.62. The highest BCUT2D eigenvalue weighted by molar-refractivity contribution is 7.99. The first-order valence-corrected chi connectivity index (χ1v) is 9.53. The number of rotatable bonds is 5. The summed E-state index contributed by atoms with van der Waals surface area (Å²) in [7, 11) is 0. The molecule has 0 atom stereocenters. The van der Waals surface area contributed by atoms with E-state index in [1.54, 1.807) is 36.4 Å². The van der Waals surface area contributed by atoms with E-state index in [9.17, 15) is 14.0 Å². The summed E-state index contributed by atoms with van der Waals surface area (Å²) >= 11 is 6.95. The molecule has 0 aliphatic rings.